The van der Waals surface area contributed by atoms with Crippen LogP contribution >= 0.6 is 11.3 Å². The maximum absolute atomic E-state index is 5.52. The Morgan fingerprint density at radius 2 is 1.79 bits per heavy atom. The summed E-state index contributed by atoms with van der Waals surface area (Å²) in [6.07, 6.45) is 3.26. The molecule has 0 bridgehead atoms. The number of nitrogens with zero attached hydrogens (tertiary/aromatic N) is 1. The van der Waals surface area contributed by atoms with Gasteiger partial charge < -0.3 is 5.73 Å². The van der Waals surface area contributed by atoms with E-state index in [1.54, 1.807) is 11.3 Å². The van der Waals surface area contributed by atoms with E-state index in [1.165, 1.54) is 27.3 Å². The standard InChI is InChI=1S/C16H22N2S/c1-11-8-13(3)14(9-12(11)2)15-10-19-16(18-15)6-4-5-7-17/h8-10H,4-7,17H2,1-3H3. The molecular formula is C16H22N2S. The largest absolute Gasteiger partial charge is 0.330 e. The van der Waals surface area contributed by atoms with Gasteiger partial charge in [-0.05, 0) is 69.3 Å². The van der Waals surface area contributed by atoms with Crippen molar-refractivity contribution in [3.63, 3.8) is 0 Å². The summed E-state index contributed by atoms with van der Waals surface area (Å²) in [6.45, 7) is 7.25. The third-order valence-corrected chi connectivity index (χ3v) is 4.42. The maximum atomic E-state index is 5.52. The molecule has 0 aliphatic rings. The van der Waals surface area contributed by atoms with Gasteiger partial charge in [-0.3, -0.25) is 0 Å². The maximum Gasteiger partial charge on any atom is 0.0932 e. The number of thiazole rings is 1. The number of aromatic nitrogens is 1. The lowest BCUT2D eigenvalue weighted by atomic mass is 9.99. The normalized spacial score (nSPS) is 10.9. The highest BCUT2D eigenvalue weighted by Crippen LogP contribution is 2.28. The van der Waals surface area contributed by atoms with Crippen molar-refractivity contribution in [3.05, 3.63) is 39.2 Å². The van der Waals surface area contributed by atoms with Crippen LogP contribution in [-0.2, 0) is 6.42 Å². The van der Waals surface area contributed by atoms with Crippen LogP contribution < -0.4 is 5.73 Å². The fourth-order valence-corrected chi connectivity index (χ4v) is 3.05. The lowest BCUT2D eigenvalue weighted by Crippen LogP contribution is -1.98. The number of nitrogens with two attached hydrogens (primary N) is 1. The minimum atomic E-state index is 0.772. The molecule has 0 atom stereocenters. The Kier molecular flexibility index (Phi) is 4.72. The molecule has 0 aliphatic heterocycles. The van der Waals surface area contributed by atoms with Gasteiger partial charge in [0.05, 0.1) is 10.7 Å². The highest BCUT2D eigenvalue weighted by molar-refractivity contribution is 7.09. The van der Waals surface area contributed by atoms with Crippen LogP contribution in [0.3, 0.4) is 0 Å². The quantitative estimate of drug-likeness (QED) is 0.836. The summed E-state index contributed by atoms with van der Waals surface area (Å²) in [4.78, 5) is 4.76. The summed E-state index contributed by atoms with van der Waals surface area (Å²) in [5, 5.41) is 3.40. The highest BCUT2D eigenvalue weighted by atomic mass is 32.1. The molecule has 0 unspecified atom stereocenters. The first-order valence-electron chi connectivity index (χ1n) is 6.84. The zero-order valence-corrected chi connectivity index (χ0v) is 12.8. The molecule has 1 heterocycles. The van der Waals surface area contributed by atoms with Crippen LogP contribution in [0.4, 0.5) is 0 Å². The van der Waals surface area contributed by atoms with Gasteiger partial charge in [0.25, 0.3) is 0 Å². The Balaban J connectivity index is 2.20. The lowest BCUT2D eigenvalue weighted by Gasteiger charge is -2.07. The van der Waals surface area contributed by atoms with E-state index >= 15 is 0 Å². The van der Waals surface area contributed by atoms with Crippen LogP contribution in [0.15, 0.2) is 17.5 Å². The Bertz CT molecular complexity index is 558. The van der Waals surface area contributed by atoms with E-state index in [0.29, 0.717) is 0 Å². The molecule has 3 heteroatoms. The molecule has 2 rings (SSSR count). The van der Waals surface area contributed by atoms with Crippen LogP contribution in [0, 0.1) is 20.8 Å². The third kappa shape index (κ3) is 3.43. The SMILES string of the molecule is Cc1cc(C)c(-c2csc(CCCCN)n2)cc1C. The molecule has 0 saturated carbocycles. The zero-order valence-electron chi connectivity index (χ0n) is 12.0. The van der Waals surface area contributed by atoms with Crippen molar-refractivity contribution in [1.82, 2.24) is 4.98 Å². The molecule has 0 fully saturated rings. The van der Waals surface area contributed by atoms with Crippen LogP contribution in [0.1, 0.15) is 34.5 Å². The summed E-state index contributed by atoms with van der Waals surface area (Å²) in [5.41, 5.74) is 11.9. The fourth-order valence-electron chi connectivity index (χ4n) is 2.21. The van der Waals surface area contributed by atoms with E-state index in [9.17, 15) is 0 Å². The van der Waals surface area contributed by atoms with Crippen molar-refractivity contribution in [2.45, 2.75) is 40.0 Å². The first-order chi connectivity index (χ1) is 9.11. The first-order valence-corrected chi connectivity index (χ1v) is 7.72. The molecule has 102 valence electrons. The minimum absolute atomic E-state index is 0.772. The van der Waals surface area contributed by atoms with Crippen molar-refractivity contribution in [1.29, 1.82) is 0 Å². The first kappa shape index (κ1) is 14.2. The molecule has 0 spiro atoms. The van der Waals surface area contributed by atoms with Crippen LogP contribution in [-0.4, -0.2) is 11.5 Å². The van der Waals surface area contributed by atoms with Crippen LogP contribution in [0.5, 0.6) is 0 Å². The smallest absolute Gasteiger partial charge is 0.0932 e. The van der Waals surface area contributed by atoms with Gasteiger partial charge in [0.1, 0.15) is 0 Å². The molecule has 0 amide bonds. The third-order valence-electron chi connectivity index (χ3n) is 3.51. The summed E-state index contributed by atoms with van der Waals surface area (Å²) in [7, 11) is 0. The second-order valence-electron chi connectivity index (χ2n) is 5.12. The minimum Gasteiger partial charge on any atom is -0.330 e. The average Bonchev–Trinajstić information content (AvgIpc) is 2.83. The second kappa shape index (κ2) is 6.31. The van der Waals surface area contributed by atoms with E-state index in [0.717, 1.165) is 31.5 Å². The molecule has 19 heavy (non-hydrogen) atoms. The average molecular weight is 274 g/mol. The Hall–Kier alpha value is -1.19. The van der Waals surface area contributed by atoms with E-state index in [-0.39, 0.29) is 0 Å². The molecular weight excluding hydrogens is 252 g/mol. The van der Waals surface area contributed by atoms with Crippen molar-refractivity contribution in [2.75, 3.05) is 6.54 Å². The van der Waals surface area contributed by atoms with Crippen LogP contribution in [0.2, 0.25) is 0 Å². The van der Waals surface area contributed by atoms with Gasteiger partial charge in [-0.15, -0.1) is 11.3 Å². The highest BCUT2D eigenvalue weighted by Gasteiger charge is 2.08. The topological polar surface area (TPSA) is 38.9 Å². The molecule has 0 radical (unpaired) electrons. The predicted molar refractivity (Wildman–Crippen MR) is 83.8 cm³/mol. The second-order valence-corrected chi connectivity index (χ2v) is 6.07. The number of hydrogen-bond donors (Lipinski definition) is 1. The lowest BCUT2D eigenvalue weighted by molar-refractivity contribution is 0.742. The van der Waals surface area contributed by atoms with Crippen molar-refractivity contribution in [2.24, 2.45) is 5.73 Å². The number of aryl methyl sites for hydroxylation is 4. The number of unbranched alkanes of at least 4 members (excludes halogenated alkanes) is 1. The van der Waals surface area contributed by atoms with E-state index < -0.39 is 0 Å². The molecule has 1 aromatic carbocycles. The fraction of sp³-hybridized carbons (Fsp3) is 0.438. The summed E-state index contributed by atoms with van der Waals surface area (Å²) in [5.74, 6) is 0. The number of hydrogen-bond acceptors (Lipinski definition) is 3. The van der Waals surface area contributed by atoms with Gasteiger partial charge in [0.2, 0.25) is 0 Å². The van der Waals surface area contributed by atoms with Crippen LogP contribution in [0.25, 0.3) is 11.3 Å². The summed E-state index contributed by atoms with van der Waals surface area (Å²) < 4.78 is 0. The van der Waals surface area contributed by atoms with Gasteiger partial charge in [-0.2, -0.15) is 0 Å². The zero-order chi connectivity index (χ0) is 13.8. The summed E-state index contributed by atoms with van der Waals surface area (Å²) >= 11 is 1.76. The molecule has 2 N–H and O–H groups in total. The van der Waals surface area contributed by atoms with Gasteiger partial charge in [0.15, 0.2) is 0 Å². The van der Waals surface area contributed by atoms with Crippen molar-refractivity contribution < 1.29 is 0 Å². The Labute approximate surface area is 119 Å². The van der Waals surface area contributed by atoms with Gasteiger partial charge in [-0.25, -0.2) is 4.98 Å². The van der Waals surface area contributed by atoms with E-state index in [4.69, 9.17) is 10.7 Å². The Morgan fingerprint density at radius 1 is 1.05 bits per heavy atom. The predicted octanol–water partition coefficient (Wildman–Crippen LogP) is 4.02. The Morgan fingerprint density at radius 3 is 2.53 bits per heavy atom. The van der Waals surface area contributed by atoms with Gasteiger partial charge in [0, 0.05) is 10.9 Å². The molecule has 2 aromatic rings. The monoisotopic (exact) mass is 274 g/mol. The molecule has 2 nitrogen and oxygen atoms in total. The molecule has 0 aliphatic carbocycles. The molecule has 1 aromatic heterocycles. The summed E-state index contributed by atoms with van der Waals surface area (Å²) in [6, 6.07) is 4.50. The van der Waals surface area contributed by atoms with Crippen molar-refractivity contribution in [3.8, 4) is 11.3 Å². The molecule has 0 saturated heterocycles. The number of benzene rings is 1. The number of rotatable bonds is 5. The van der Waals surface area contributed by atoms with Gasteiger partial charge in [-0.1, -0.05) is 6.07 Å². The van der Waals surface area contributed by atoms with Crippen molar-refractivity contribution >= 4 is 11.3 Å². The van der Waals surface area contributed by atoms with E-state index in [1.807, 2.05) is 0 Å². The van der Waals surface area contributed by atoms with Gasteiger partial charge >= 0.3 is 0 Å². The van der Waals surface area contributed by atoms with E-state index in [2.05, 4.69) is 38.3 Å².